The molecule has 0 saturated carbocycles. The molecule has 0 spiro atoms. The van der Waals surface area contributed by atoms with Crippen molar-refractivity contribution < 1.29 is 9.90 Å². The topological polar surface area (TPSA) is 45.5 Å². The third-order valence-electron chi connectivity index (χ3n) is 3.51. The number of nitrogens with zero attached hydrogens (tertiary/aromatic N) is 2. The minimum absolute atomic E-state index is 0.00773. The lowest BCUT2D eigenvalue weighted by atomic mass is 10.1. The fourth-order valence-corrected chi connectivity index (χ4v) is 2.30. The minimum atomic E-state index is -0.00773. The van der Waals surface area contributed by atoms with E-state index in [1.807, 2.05) is 67.2 Å². The van der Waals surface area contributed by atoms with Crippen molar-refractivity contribution in [3.8, 4) is 0 Å². The van der Waals surface area contributed by atoms with E-state index >= 15 is 0 Å². The molecular weight excluding hydrogens is 264 g/mol. The van der Waals surface area contributed by atoms with Crippen LogP contribution in [0.1, 0.15) is 23.0 Å². The maximum absolute atomic E-state index is 12.7. The first kappa shape index (κ1) is 15.3. The summed E-state index contributed by atoms with van der Waals surface area (Å²) in [6.07, 6.45) is 1.86. The number of hydrogen-bond acceptors (Lipinski definition) is 2. The molecule has 0 bridgehead atoms. The SMILES string of the molecule is C[C@H](CO)CN(Cc1ccccc1)C(=O)c1cccn1C. The zero-order valence-corrected chi connectivity index (χ0v) is 12.6. The molecule has 1 N–H and O–H groups in total. The van der Waals surface area contributed by atoms with Gasteiger partial charge < -0.3 is 14.6 Å². The van der Waals surface area contributed by atoms with Crippen LogP contribution in [0.25, 0.3) is 0 Å². The summed E-state index contributed by atoms with van der Waals surface area (Å²) in [6, 6.07) is 13.6. The Hall–Kier alpha value is -2.07. The van der Waals surface area contributed by atoms with Crippen molar-refractivity contribution in [1.29, 1.82) is 0 Å². The van der Waals surface area contributed by atoms with E-state index in [-0.39, 0.29) is 18.4 Å². The number of carbonyl (C=O) groups is 1. The van der Waals surface area contributed by atoms with Crippen molar-refractivity contribution in [2.24, 2.45) is 13.0 Å². The van der Waals surface area contributed by atoms with Crippen LogP contribution in [0.4, 0.5) is 0 Å². The molecule has 0 fully saturated rings. The van der Waals surface area contributed by atoms with E-state index in [0.29, 0.717) is 18.8 Å². The summed E-state index contributed by atoms with van der Waals surface area (Å²) in [5.41, 5.74) is 1.75. The van der Waals surface area contributed by atoms with Crippen LogP contribution < -0.4 is 0 Å². The molecule has 0 saturated heterocycles. The van der Waals surface area contributed by atoms with Gasteiger partial charge in [0.1, 0.15) is 5.69 Å². The van der Waals surface area contributed by atoms with Crippen LogP contribution in [-0.4, -0.2) is 33.6 Å². The van der Waals surface area contributed by atoms with Gasteiger partial charge in [-0.2, -0.15) is 0 Å². The molecule has 21 heavy (non-hydrogen) atoms. The highest BCUT2D eigenvalue weighted by atomic mass is 16.3. The van der Waals surface area contributed by atoms with Gasteiger partial charge in [-0.05, 0) is 23.6 Å². The molecule has 1 atom stereocenters. The summed E-state index contributed by atoms with van der Waals surface area (Å²) >= 11 is 0. The van der Waals surface area contributed by atoms with E-state index in [2.05, 4.69) is 0 Å². The molecule has 1 amide bonds. The lowest BCUT2D eigenvalue weighted by Crippen LogP contribution is -2.36. The summed E-state index contributed by atoms with van der Waals surface area (Å²) < 4.78 is 1.82. The van der Waals surface area contributed by atoms with E-state index < -0.39 is 0 Å². The average molecular weight is 286 g/mol. The zero-order chi connectivity index (χ0) is 15.2. The molecule has 4 nitrogen and oxygen atoms in total. The van der Waals surface area contributed by atoms with Gasteiger partial charge in [-0.3, -0.25) is 4.79 Å². The Bertz CT molecular complexity index is 577. The molecular formula is C17H22N2O2. The van der Waals surface area contributed by atoms with E-state index in [0.717, 1.165) is 5.56 Å². The Morgan fingerprint density at radius 1 is 1.24 bits per heavy atom. The maximum Gasteiger partial charge on any atom is 0.270 e. The molecule has 0 aliphatic carbocycles. The standard InChI is InChI=1S/C17H22N2O2/c1-14(13-20)11-19(12-15-7-4-3-5-8-15)17(21)16-9-6-10-18(16)2/h3-10,14,20H,11-13H2,1-2H3/t14-/m0/s1. The van der Waals surface area contributed by atoms with Gasteiger partial charge in [0.25, 0.3) is 5.91 Å². The number of amides is 1. The fourth-order valence-electron chi connectivity index (χ4n) is 2.30. The smallest absolute Gasteiger partial charge is 0.270 e. The van der Waals surface area contributed by atoms with E-state index in [1.165, 1.54) is 0 Å². The van der Waals surface area contributed by atoms with Crippen molar-refractivity contribution in [1.82, 2.24) is 9.47 Å². The number of benzene rings is 1. The van der Waals surface area contributed by atoms with E-state index in [9.17, 15) is 9.90 Å². The third-order valence-corrected chi connectivity index (χ3v) is 3.51. The molecule has 0 aliphatic rings. The quantitative estimate of drug-likeness (QED) is 0.885. The predicted molar refractivity (Wildman–Crippen MR) is 82.8 cm³/mol. The Morgan fingerprint density at radius 3 is 2.52 bits per heavy atom. The number of rotatable bonds is 6. The second kappa shape index (κ2) is 7.09. The number of aliphatic hydroxyl groups is 1. The normalized spacial score (nSPS) is 12.1. The number of hydrogen-bond donors (Lipinski definition) is 1. The van der Waals surface area contributed by atoms with Gasteiger partial charge in [0.2, 0.25) is 0 Å². The summed E-state index contributed by atoms with van der Waals surface area (Å²) in [5, 5.41) is 9.27. The first-order chi connectivity index (χ1) is 10.1. The molecule has 1 aromatic carbocycles. The van der Waals surface area contributed by atoms with Gasteiger partial charge in [0.15, 0.2) is 0 Å². The van der Waals surface area contributed by atoms with E-state index in [1.54, 1.807) is 4.90 Å². The van der Waals surface area contributed by atoms with Crippen molar-refractivity contribution >= 4 is 5.91 Å². The second-order valence-corrected chi connectivity index (χ2v) is 5.46. The highest BCUT2D eigenvalue weighted by Crippen LogP contribution is 2.12. The second-order valence-electron chi connectivity index (χ2n) is 5.46. The summed E-state index contributed by atoms with van der Waals surface area (Å²) in [7, 11) is 1.86. The van der Waals surface area contributed by atoms with Gasteiger partial charge in [0, 0.05) is 32.9 Å². The Labute approximate surface area is 125 Å². The zero-order valence-electron chi connectivity index (χ0n) is 12.6. The van der Waals surface area contributed by atoms with Crippen LogP contribution in [0.3, 0.4) is 0 Å². The molecule has 2 rings (SSSR count). The fraction of sp³-hybridized carbons (Fsp3) is 0.353. The highest BCUT2D eigenvalue weighted by molar-refractivity contribution is 5.92. The lowest BCUT2D eigenvalue weighted by Gasteiger charge is -2.25. The van der Waals surface area contributed by atoms with Crippen LogP contribution in [0.15, 0.2) is 48.7 Å². The summed E-state index contributed by atoms with van der Waals surface area (Å²) in [5.74, 6) is 0.0459. The molecule has 1 heterocycles. The number of carbonyl (C=O) groups excluding carboxylic acids is 1. The molecule has 112 valence electrons. The third kappa shape index (κ3) is 3.95. The van der Waals surface area contributed by atoms with Crippen LogP contribution in [0.5, 0.6) is 0 Å². The maximum atomic E-state index is 12.7. The Kier molecular flexibility index (Phi) is 5.17. The summed E-state index contributed by atoms with van der Waals surface area (Å²) in [4.78, 5) is 14.5. The Morgan fingerprint density at radius 2 is 1.95 bits per heavy atom. The van der Waals surface area contributed by atoms with Crippen molar-refractivity contribution in [3.05, 3.63) is 59.9 Å². The average Bonchev–Trinajstić information content (AvgIpc) is 2.93. The van der Waals surface area contributed by atoms with Crippen LogP contribution in [0.2, 0.25) is 0 Å². The largest absolute Gasteiger partial charge is 0.396 e. The molecule has 0 aliphatic heterocycles. The number of aryl methyl sites for hydroxylation is 1. The predicted octanol–water partition coefficient (Wildman–Crippen LogP) is 2.30. The molecule has 4 heteroatoms. The van der Waals surface area contributed by atoms with E-state index in [4.69, 9.17) is 0 Å². The van der Waals surface area contributed by atoms with Gasteiger partial charge >= 0.3 is 0 Å². The van der Waals surface area contributed by atoms with Gasteiger partial charge in [-0.1, -0.05) is 37.3 Å². The van der Waals surface area contributed by atoms with Gasteiger partial charge in [0.05, 0.1) is 0 Å². The Balaban J connectivity index is 2.19. The van der Waals surface area contributed by atoms with Gasteiger partial charge in [-0.15, -0.1) is 0 Å². The van der Waals surface area contributed by atoms with Crippen molar-refractivity contribution in [3.63, 3.8) is 0 Å². The first-order valence-corrected chi connectivity index (χ1v) is 7.17. The monoisotopic (exact) mass is 286 g/mol. The van der Waals surface area contributed by atoms with Crippen molar-refractivity contribution in [2.45, 2.75) is 13.5 Å². The van der Waals surface area contributed by atoms with Crippen LogP contribution in [-0.2, 0) is 13.6 Å². The van der Waals surface area contributed by atoms with Crippen LogP contribution >= 0.6 is 0 Å². The minimum Gasteiger partial charge on any atom is -0.396 e. The van der Waals surface area contributed by atoms with Gasteiger partial charge in [-0.25, -0.2) is 0 Å². The molecule has 1 aromatic heterocycles. The highest BCUT2D eigenvalue weighted by Gasteiger charge is 2.20. The summed E-state index contributed by atoms with van der Waals surface area (Å²) in [6.45, 7) is 3.10. The molecule has 0 radical (unpaired) electrons. The number of aromatic nitrogens is 1. The van der Waals surface area contributed by atoms with Crippen LogP contribution in [0, 0.1) is 5.92 Å². The molecule has 2 aromatic rings. The number of aliphatic hydroxyl groups excluding tert-OH is 1. The van der Waals surface area contributed by atoms with Crippen molar-refractivity contribution in [2.75, 3.05) is 13.2 Å². The lowest BCUT2D eigenvalue weighted by molar-refractivity contribution is 0.0685. The molecule has 0 unspecified atom stereocenters. The first-order valence-electron chi connectivity index (χ1n) is 7.17.